The maximum Gasteiger partial charge on any atom is 0.250 e. The first kappa shape index (κ1) is 21.9. The van der Waals surface area contributed by atoms with Gasteiger partial charge in [-0.25, -0.2) is 5.43 Å². The number of hydrogen-bond donors (Lipinski definition) is 2. The van der Waals surface area contributed by atoms with Crippen LogP contribution in [-0.2, 0) is 4.74 Å². The number of rotatable bonds is 7. The van der Waals surface area contributed by atoms with Crippen LogP contribution in [0.4, 0.5) is 23.5 Å². The molecule has 0 unspecified atom stereocenters. The molecule has 172 valence electrons. The van der Waals surface area contributed by atoms with Gasteiger partial charge >= 0.3 is 0 Å². The Kier molecular flexibility index (Phi) is 6.64. The molecular weight excluding hydrogens is 454 g/mol. The van der Waals surface area contributed by atoms with Crippen molar-refractivity contribution >= 4 is 41.3 Å². The van der Waals surface area contributed by atoms with Gasteiger partial charge in [0, 0.05) is 29.4 Å². The fraction of sp³-hybridized carbons (Fsp3) is 0.167. The Morgan fingerprint density at radius 2 is 1.74 bits per heavy atom. The molecule has 2 N–H and O–H groups in total. The molecule has 0 bridgehead atoms. The minimum absolute atomic E-state index is 0.313. The quantitative estimate of drug-likeness (QED) is 0.290. The number of benzene rings is 2. The summed E-state index contributed by atoms with van der Waals surface area (Å²) in [6, 6.07) is 20.9. The number of hydrogen-bond acceptors (Lipinski definition) is 9. The maximum atomic E-state index is 6.07. The van der Waals surface area contributed by atoms with Crippen LogP contribution in [0.15, 0.2) is 76.2 Å². The van der Waals surface area contributed by atoms with Crippen molar-refractivity contribution in [3.63, 3.8) is 0 Å². The number of nitrogens with one attached hydrogen (secondary N) is 2. The van der Waals surface area contributed by atoms with E-state index in [9.17, 15) is 0 Å². The molecule has 0 saturated carbocycles. The highest BCUT2D eigenvalue weighted by Gasteiger charge is 2.16. The van der Waals surface area contributed by atoms with Gasteiger partial charge in [-0.1, -0.05) is 41.9 Å². The standard InChI is InChI=1S/C24H22ClN7O2/c25-18-6-4-5-17(15-18)21-10-9-20(34-21)16-26-31-23-28-22(27-19-7-2-1-3-8-19)29-24(30-23)32-11-13-33-14-12-32/h1-10,15-16H,11-14H2,(H2,27,28,29,30,31)/b26-16-. The van der Waals surface area contributed by atoms with Crippen molar-refractivity contribution in [2.75, 3.05) is 41.9 Å². The Morgan fingerprint density at radius 3 is 2.56 bits per heavy atom. The van der Waals surface area contributed by atoms with Crippen LogP contribution in [0.25, 0.3) is 11.3 Å². The highest BCUT2D eigenvalue weighted by Crippen LogP contribution is 2.24. The number of aromatic nitrogens is 3. The fourth-order valence-corrected chi connectivity index (χ4v) is 3.59. The molecule has 4 aromatic rings. The third-order valence-corrected chi connectivity index (χ3v) is 5.27. The first-order valence-corrected chi connectivity index (χ1v) is 11.2. The van der Waals surface area contributed by atoms with Gasteiger partial charge in [0.15, 0.2) is 0 Å². The van der Waals surface area contributed by atoms with Gasteiger partial charge in [-0.15, -0.1) is 0 Å². The molecular formula is C24H22ClN7O2. The molecule has 9 nitrogen and oxygen atoms in total. The predicted octanol–water partition coefficient (Wildman–Crippen LogP) is 4.81. The second-order valence-corrected chi connectivity index (χ2v) is 7.89. The van der Waals surface area contributed by atoms with Crippen molar-refractivity contribution < 1.29 is 9.15 Å². The Labute approximate surface area is 201 Å². The van der Waals surface area contributed by atoms with E-state index in [-0.39, 0.29) is 0 Å². The van der Waals surface area contributed by atoms with E-state index in [1.165, 1.54) is 0 Å². The summed E-state index contributed by atoms with van der Waals surface area (Å²) in [6.07, 6.45) is 1.57. The number of anilines is 4. The summed E-state index contributed by atoms with van der Waals surface area (Å²) in [5, 5.41) is 8.12. The van der Waals surface area contributed by atoms with Gasteiger partial charge in [0.05, 0.1) is 19.4 Å². The smallest absolute Gasteiger partial charge is 0.250 e. The summed E-state index contributed by atoms with van der Waals surface area (Å²) < 4.78 is 11.3. The van der Waals surface area contributed by atoms with Crippen molar-refractivity contribution in [1.82, 2.24) is 15.0 Å². The average Bonchev–Trinajstić information content (AvgIpc) is 3.34. The summed E-state index contributed by atoms with van der Waals surface area (Å²) in [6.45, 7) is 2.66. The lowest BCUT2D eigenvalue weighted by Gasteiger charge is -2.27. The van der Waals surface area contributed by atoms with E-state index in [0.29, 0.717) is 60.7 Å². The molecule has 0 atom stereocenters. The maximum absolute atomic E-state index is 6.07. The van der Waals surface area contributed by atoms with Gasteiger partial charge in [0.1, 0.15) is 11.5 Å². The number of hydrazone groups is 1. The predicted molar refractivity (Wildman–Crippen MR) is 133 cm³/mol. The second kappa shape index (κ2) is 10.3. The molecule has 2 aromatic heterocycles. The Hall–Kier alpha value is -3.95. The van der Waals surface area contributed by atoms with Crippen molar-refractivity contribution in [3.05, 3.63) is 77.5 Å². The first-order chi connectivity index (χ1) is 16.7. The topological polar surface area (TPSA) is 101 Å². The van der Waals surface area contributed by atoms with Crippen LogP contribution in [0.5, 0.6) is 0 Å². The summed E-state index contributed by atoms with van der Waals surface area (Å²) in [5.41, 5.74) is 4.65. The highest BCUT2D eigenvalue weighted by molar-refractivity contribution is 6.30. The molecule has 1 fully saturated rings. The summed E-state index contributed by atoms with van der Waals surface area (Å²) >= 11 is 6.07. The molecule has 34 heavy (non-hydrogen) atoms. The minimum atomic E-state index is 0.313. The van der Waals surface area contributed by atoms with Crippen molar-refractivity contribution in [1.29, 1.82) is 0 Å². The third-order valence-electron chi connectivity index (χ3n) is 5.04. The molecule has 1 aliphatic rings. The van der Waals surface area contributed by atoms with Crippen molar-refractivity contribution in [3.8, 4) is 11.3 Å². The molecule has 0 aliphatic carbocycles. The van der Waals surface area contributed by atoms with Crippen LogP contribution < -0.4 is 15.6 Å². The lowest BCUT2D eigenvalue weighted by atomic mass is 10.2. The van der Waals surface area contributed by atoms with E-state index in [4.69, 9.17) is 20.8 Å². The largest absolute Gasteiger partial charge is 0.455 e. The minimum Gasteiger partial charge on any atom is -0.455 e. The number of nitrogens with zero attached hydrogens (tertiary/aromatic N) is 5. The monoisotopic (exact) mass is 475 g/mol. The number of morpholine rings is 1. The van der Waals surface area contributed by atoms with Crippen LogP contribution in [0.3, 0.4) is 0 Å². The highest BCUT2D eigenvalue weighted by atomic mass is 35.5. The van der Waals surface area contributed by atoms with E-state index in [1.807, 2.05) is 66.7 Å². The molecule has 0 spiro atoms. The number of halogens is 1. The zero-order valence-electron chi connectivity index (χ0n) is 18.2. The van der Waals surface area contributed by atoms with Crippen LogP contribution in [0.2, 0.25) is 5.02 Å². The van der Waals surface area contributed by atoms with E-state index >= 15 is 0 Å². The molecule has 1 aliphatic heterocycles. The van der Waals surface area contributed by atoms with Crippen LogP contribution >= 0.6 is 11.6 Å². The molecule has 1 saturated heterocycles. The molecule has 0 radical (unpaired) electrons. The van der Waals surface area contributed by atoms with Crippen molar-refractivity contribution in [2.24, 2.45) is 5.10 Å². The van der Waals surface area contributed by atoms with Gasteiger partial charge in [-0.05, 0) is 36.4 Å². The van der Waals surface area contributed by atoms with E-state index in [0.717, 1.165) is 11.3 Å². The van der Waals surface area contributed by atoms with Gasteiger partial charge in [-0.2, -0.15) is 20.1 Å². The SMILES string of the molecule is Clc1cccc(-c2ccc(/C=N\Nc3nc(Nc4ccccc4)nc(N4CCOCC4)n3)o2)c1. The summed E-state index contributed by atoms with van der Waals surface area (Å²) in [5.74, 6) is 2.56. The van der Waals surface area contributed by atoms with E-state index in [1.54, 1.807) is 6.21 Å². The van der Waals surface area contributed by atoms with Gasteiger partial charge < -0.3 is 19.4 Å². The Balaban J connectivity index is 1.34. The molecule has 3 heterocycles. The summed E-state index contributed by atoms with van der Waals surface area (Å²) in [7, 11) is 0. The molecule has 5 rings (SSSR count). The Morgan fingerprint density at radius 1 is 0.912 bits per heavy atom. The van der Waals surface area contributed by atoms with Crippen LogP contribution in [-0.4, -0.2) is 47.5 Å². The van der Waals surface area contributed by atoms with Gasteiger partial charge in [-0.3, -0.25) is 0 Å². The second-order valence-electron chi connectivity index (χ2n) is 7.46. The zero-order valence-corrected chi connectivity index (χ0v) is 18.9. The van der Waals surface area contributed by atoms with Crippen LogP contribution in [0, 0.1) is 0 Å². The van der Waals surface area contributed by atoms with E-state index < -0.39 is 0 Å². The first-order valence-electron chi connectivity index (χ1n) is 10.8. The van der Waals surface area contributed by atoms with Gasteiger partial charge in [0.2, 0.25) is 17.8 Å². The van der Waals surface area contributed by atoms with Crippen molar-refractivity contribution in [2.45, 2.75) is 0 Å². The molecule has 0 amide bonds. The third kappa shape index (κ3) is 5.51. The normalized spacial score (nSPS) is 13.9. The number of ether oxygens (including phenoxy) is 1. The number of furan rings is 1. The fourth-order valence-electron chi connectivity index (χ4n) is 3.40. The lowest BCUT2D eigenvalue weighted by molar-refractivity contribution is 0.122. The van der Waals surface area contributed by atoms with Crippen LogP contribution in [0.1, 0.15) is 5.76 Å². The zero-order chi connectivity index (χ0) is 23.2. The van der Waals surface area contributed by atoms with Gasteiger partial charge in [0.25, 0.3) is 0 Å². The average molecular weight is 476 g/mol. The van der Waals surface area contributed by atoms with E-state index in [2.05, 4.69) is 35.7 Å². The Bertz CT molecular complexity index is 1270. The molecule has 2 aromatic carbocycles. The summed E-state index contributed by atoms with van der Waals surface area (Å²) in [4.78, 5) is 15.6. The number of para-hydroxylation sites is 1. The lowest BCUT2D eigenvalue weighted by Crippen LogP contribution is -2.37. The molecule has 10 heteroatoms.